The number of ether oxygens (including phenoxy) is 1. The lowest BCUT2D eigenvalue weighted by molar-refractivity contribution is 0.0240. The maximum absolute atomic E-state index is 12.0. The van der Waals surface area contributed by atoms with Crippen molar-refractivity contribution < 1.29 is 19.4 Å². The molecule has 0 unspecified atom stereocenters. The van der Waals surface area contributed by atoms with Crippen LogP contribution in [0.2, 0.25) is 0 Å². The van der Waals surface area contributed by atoms with Gasteiger partial charge in [0.15, 0.2) is 0 Å². The Kier molecular flexibility index (Phi) is 4.77. The van der Waals surface area contributed by atoms with Crippen LogP contribution >= 0.6 is 0 Å². The maximum atomic E-state index is 12.0. The monoisotopic (exact) mass is 321 g/mol. The smallest absolute Gasteiger partial charge is 0.410 e. The Morgan fingerprint density at radius 3 is 2.26 bits per heavy atom. The molecule has 2 rings (SSSR count). The van der Waals surface area contributed by atoms with E-state index in [-0.39, 0.29) is 11.7 Å². The van der Waals surface area contributed by atoms with Crippen LogP contribution in [0.5, 0.6) is 0 Å². The highest BCUT2D eigenvalue weighted by Gasteiger charge is 2.26. The second kappa shape index (κ2) is 6.44. The van der Waals surface area contributed by atoms with Crippen molar-refractivity contribution in [1.82, 2.24) is 9.88 Å². The van der Waals surface area contributed by atoms with Crippen molar-refractivity contribution >= 4 is 17.9 Å². The third-order valence-corrected chi connectivity index (χ3v) is 3.56. The number of pyridine rings is 1. The molecule has 2 heterocycles. The summed E-state index contributed by atoms with van der Waals surface area (Å²) in [5.41, 5.74) is 0.199. The molecule has 0 aromatic carbocycles. The van der Waals surface area contributed by atoms with Gasteiger partial charge in [-0.1, -0.05) is 0 Å². The van der Waals surface area contributed by atoms with Crippen LogP contribution in [0.4, 0.5) is 10.6 Å². The first-order chi connectivity index (χ1) is 10.7. The molecule has 0 aliphatic carbocycles. The Hall–Kier alpha value is -2.31. The van der Waals surface area contributed by atoms with Crippen LogP contribution in [0.25, 0.3) is 0 Å². The Labute approximate surface area is 135 Å². The zero-order valence-corrected chi connectivity index (χ0v) is 14.0. The number of anilines is 1. The number of carbonyl (C=O) groups excluding carboxylic acids is 1. The predicted octanol–water partition coefficient (Wildman–Crippen LogP) is 2.15. The Morgan fingerprint density at radius 1 is 1.17 bits per heavy atom. The minimum Gasteiger partial charge on any atom is -0.478 e. The summed E-state index contributed by atoms with van der Waals surface area (Å²) in [5.74, 6) is -0.243. The summed E-state index contributed by atoms with van der Waals surface area (Å²) in [4.78, 5) is 31.1. The molecular weight excluding hydrogens is 298 g/mol. The average molecular weight is 321 g/mol. The van der Waals surface area contributed by atoms with Crippen LogP contribution < -0.4 is 4.90 Å². The fourth-order valence-corrected chi connectivity index (χ4v) is 2.39. The summed E-state index contributed by atoms with van der Waals surface area (Å²) >= 11 is 0. The number of piperazine rings is 1. The molecule has 0 spiro atoms. The summed E-state index contributed by atoms with van der Waals surface area (Å²) in [5, 5.41) is 9.04. The van der Waals surface area contributed by atoms with E-state index in [2.05, 4.69) is 4.98 Å². The summed E-state index contributed by atoms with van der Waals surface area (Å²) in [6.07, 6.45) is -0.303. The SMILES string of the molecule is Cc1nc(N2CCN(C(=O)OC(C)(C)C)CC2)ccc1C(=O)O. The largest absolute Gasteiger partial charge is 0.478 e. The van der Waals surface area contributed by atoms with Crippen molar-refractivity contribution in [3.8, 4) is 0 Å². The quantitative estimate of drug-likeness (QED) is 0.898. The van der Waals surface area contributed by atoms with E-state index >= 15 is 0 Å². The third kappa shape index (κ3) is 4.34. The van der Waals surface area contributed by atoms with Crippen molar-refractivity contribution in [3.63, 3.8) is 0 Å². The average Bonchev–Trinajstić information content (AvgIpc) is 2.45. The van der Waals surface area contributed by atoms with Crippen molar-refractivity contribution in [3.05, 3.63) is 23.4 Å². The highest BCUT2D eigenvalue weighted by Crippen LogP contribution is 2.18. The number of carbonyl (C=O) groups is 2. The molecule has 23 heavy (non-hydrogen) atoms. The fourth-order valence-electron chi connectivity index (χ4n) is 2.39. The summed E-state index contributed by atoms with van der Waals surface area (Å²) < 4.78 is 5.37. The zero-order valence-electron chi connectivity index (χ0n) is 14.0. The molecular formula is C16H23N3O4. The number of hydrogen-bond donors (Lipinski definition) is 1. The summed E-state index contributed by atoms with van der Waals surface area (Å²) in [7, 11) is 0. The Bertz CT molecular complexity index is 602. The van der Waals surface area contributed by atoms with Gasteiger partial charge in [0.25, 0.3) is 0 Å². The number of aromatic carboxylic acids is 1. The van der Waals surface area contributed by atoms with Crippen molar-refractivity contribution in [2.75, 3.05) is 31.1 Å². The van der Waals surface area contributed by atoms with E-state index in [1.807, 2.05) is 25.7 Å². The van der Waals surface area contributed by atoms with Gasteiger partial charge in [0.05, 0.1) is 11.3 Å². The van der Waals surface area contributed by atoms with Gasteiger partial charge in [0, 0.05) is 26.2 Å². The molecule has 1 N–H and O–H groups in total. The Morgan fingerprint density at radius 2 is 1.78 bits per heavy atom. The normalized spacial score (nSPS) is 15.5. The highest BCUT2D eigenvalue weighted by atomic mass is 16.6. The summed E-state index contributed by atoms with van der Waals surface area (Å²) in [6.45, 7) is 9.60. The van der Waals surface area contributed by atoms with E-state index in [1.54, 1.807) is 24.0 Å². The predicted molar refractivity (Wildman–Crippen MR) is 86.0 cm³/mol. The number of aromatic nitrogens is 1. The van der Waals surface area contributed by atoms with Crippen LogP contribution in [0.15, 0.2) is 12.1 Å². The fraction of sp³-hybridized carbons (Fsp3) is 0.562. The van der Waals surface area contributed by atoms with Crippen LogP contribution in [0.1, 0.15) is 36.8 Å². The molecule has 0 radical (unpaired) electrons. The lowest BCUT2D eigenvalue weighted by Gasteiger charge is -2.36. The standard InChI is InChI=1S/C16H23N3O4/c1-11-12(14(20)21)5-6-13(17-11)18-7-9-19(10-8-18)15(22)23-16(2,3)4/h5-6H,7-10H2,1-4H3,(H,20,21). The topological polar surface area (TPSA) is 83.0 Å². The van der Waals surface area contributed by atoms with Gasteiger partial charge in [0.2, 0.25) is 0 Å². The van der Waals surface area contributed by atoms with Gasteiger partial charge in [-0.25, -0.2) is 14.6 Å². The number of aryl methyl sites for hydroxylation is 1. The molecule has 1 amide bonds. The molecule has 0 atom stereocenters. The van der Waals surface area contributed by atoms with Crippen LogP contribution in [-0.2, 0) is 4.74 Å². The van der Waals surface area contributed by atoms with Crippen molar-refractivity contribution in [1.29, 1.82) is 0 Å². The maximum Gasteiger partial charge on any atom is 0.410 e. The van der Waals surface area contributed by atoms with Crippen LogP contribution in [0.3, 0.4) is 0 Å². The number of nitrogens with zero attached hydrogens (tertiary/aromatic N) is 3. The number of amides is 1. The molecule has 1 aliphatic heterocycles. The van der Waals surface area contributed by atoms with Gasteiger partial charge in [0.1, 0.15) is 11.4 Å². The first-order valence-electron chi connectivity index (χ1n) is 7.61. The number of carboxylic acid groups (broad SMARTS) is 1. The molecule has 1 saturated heterocycles. The van der Waals surface area contributed by atoms with Crippen LogP contribution in [0, 0.1) is 6.92 Å². The lowest BCUT2D eigenvalue weighted by Crippen LogP contribution is -2.50. The molecule has 1 fully saturated rings. The van der Waals surface area contributed by atoms with Gasteiger partial charge in [-0.15, -0.1) is 0 Å². The third-order valence-electron chi connectivity index (χ3n) is 3.56. The molecule has 1 aromatic rings. The van der Waals surface area contributed by atoms with Gasteiger partial charge in [-0.2, -0.15) is 0 Å². The van der Waals surface area contributed by atoms with E-state index in [4.69, 9.17) is 9.84 Å². The van der Waals surface area contributed by atoms with E-state index in [0.29, 0.717) is 31.9 Å². The highest BCUT2D eigenvalue weighted by molar-refractivity contribution is 5.89. The van der Waals surface area contributed by atoms with Crippen molar-refractivity contribution in [2.24, 2.45) is 0 Å². The van der Waals surface area contributed by atoms with Crippen LogP contribution in [-0.4, -0.2) is 58.8 Å². The van der Waals surface area contributed by atoms with E-state index in [0.717, 1.165) is 5.82 Å². The summed E-state index contributed by atoms with van der Waals surface area (Å²) in [6, 6.07) is 3.28. The molecule has 126 valence electrons. The minimum absolute atomic E-state index is 0.209. The number of hydrogen-bond acceptors (Lipinski definition) is 5. The van der Waals surface area contributed by atoms with E-state index in [9.17, 15) is 9.59 Å². The number of carboxylic acids is 1. The second-order valence-electron chi connectivity index (χ2n) is 6.56. The lowest BCUT2D eigenvalue weighted by atomic mass is 10.2. The van der Waals surface area contributed by atoms with Crippen molar-refractivity contribution in [2.45, 2.75) is 33.3 Å². The molecule has 1 aromatic heterocycles. The number of rotatable bonds is 2. The molecule has 1 aliphatic rings. The zero-order chi connectivity index (χ0) is 17.2. The molecule has 7 heteroatoms. The van der Waals surface area contributed by atoms with E-state index in [1.165, 1.54) is 0 Å². The minimum atomic E-state index is -0.976. The first-order valence-corrected chi connectivity index (χ1v) is 7.61. The molecule has 0 bridgehead atoms. The van der Waals surface area contributed by atoms with Gasteiger partial charge >= 0.3 is 12.1 Å². The Balaban J connectivity index is 1.98. The van der Waals surface area contributed by atoms with Gasteiger partial charge in [-0.05, 0) is 39.8 Å². The second-order valence-corrected chi connectivity index (χ2v) is 6.56. The first kappa shape index (κ1) is 17.1. The molecule has 0 saturated carbocycles. The van der Waals surface area contributed by atoms with Gasteiger partial charge in [-0.3, -0.25) is 0 Å². The molecule has 7 nitrogen and oxygen atoms in total. The van der Waals surface area contributed by atoms with E-state index < -0.39 is 11.6 Å². The van der Waals surface area contributed by atoms with Gasteiger partial charge < -0.3 is 19.6 Å².